The van der Waals surface area contributed by atoms with Gasteiger partial charge >= 0.3 is 6.18 Å². The Kier molecular flexibility index (Phi) is 5.47. The van der Waals surface area contributed by atoms with Crippen molar-refractivity contribution in [2.45, 2.75) is 24.4 Å². The fourth-order valence-corrected chi connectivity index (χ4v) is 5.54. The third kappa shape index (κ3) is 3.57. The number of para-hydroxylation sites is 1. The first kappa shape index (κ1) is 21.6. The van der Waals surface area contributed by atoms with E-state index in [2.05, 4.69) is 5.10 Å². The van der Waals surface area contributed by atoms with Gasteiger partial charge in [0.1, 0.15) is 16.6 Å². The Morgan fingerprint density at radius 3 is 2.74 bits per heavy atom. The maximum Gasteiger partial charge on any atom is 0.416 e. The van der Waals surface area contributed by atoms with Gasteiger partial charge in [0.25, 0.3) is 0 Å². The van der Waals surface area contributed by atoms with Gasteiger partial charge in [0.2, 0.25) is 5.91 Å². The third-order valence-corrected chi connectivity index (χ3v) is 6.89. The molecule has 0 fully saturated rings. The molecule has 1 amide bonds. The van der Waals surface area contributed by atoms with E-state index in [0.29, 0.717) is 30.3 Å². The summed E-state index contributed by atoms with van der Waals surface area (Å²) < 4.78 is 60.2. The van der Waals surface area contributed by atoms with Crippen LogP contribution in [0.1, 0.15) is 30.0 Å². The predicted molar refractivity (Wildman–Crippen MR) is 109 cm³/mol. The summed E-state index contributed by atoms with van der Waals surface area (Å²) in [4.78, 5) is 11.5. The number of hydrogen-bond donors (Lipinski definition) is 1. The number of ether oxygens (including phenoxy) is 1. The van der Waals surface area contributed by atoms with Crippen molar-refractivity contribution in [2.75, 3.05) is 13.2 Å². The van der Waals surface area contributed by atoms with Gasteiger partial charge in [0, 0.05) is 24.0 Å². The van der Waals surface area contributed by atoms with Crippen LogP contribution in [-0.4, -0.2) is 29.1 Å². The van der Waals surface area contributed by atoms with Crippen molar-refractivity contribution in [3.05, 3.63) is 65.0 Å². The summed E-state index contributed by atoms with van der Waals surface area (Å²) in [5.74, 6) is -1.05. The van der Waals surface area contributed by atoms with Crippen LogP contribution in [0, 0.1) is 11.7 Å². The highest BCUT2D eigenvalue weighted by molar-refractivity contribution is 8.15. The van der Waals surface area contributed by atoms with E-state index in [1.54, 1.807) is 24.3 Å². The molecule has 0 bridgehead atoms. The van der Waals surface area contributed by atoms with Crippen molar-refractivity contribution >= 4 is 22.7 Å². The summed E-state index contributed by atoms with van der Waals surface area (Å²) in [6, 6.07) is 9.25. The van der Waals surface area contributed by atoms with E-state index in [0.717, 1.165) is 23.9 Å². The Morgan fingerprint density at radius 1 is 1.32 bits per heavy atom. The van der Waals surface area contributed by atoms with Gasteiger partial charge in [-0.2, -0.15) is 18.3 Å². The largest absolute Gasteiger partial charge is 0.493 e. The normalized spacial score (nSPS) is 22.8. The zero-order chi connectivity index (χ0) is 22.4. The molecule has 2 aliphatic heterocycles. The molecule has 2 aromatic carbocycles. The number of nitrogens with zero attached hydrogens (tertiary/aromatic N) is 2. The molecular weight excluding hydrogens is 434 g/mol. The van der Waals surface area contributed by atoms with Crippen molar-refractivity contribution in [3.63, 3.8) is 0 Å². The van der Waals surface area contributed by atoms with E-state index in [-0.39, 0.29) is 23.1 Å². The fourth-order valence-electron chi connectivity index (χ4n) is 3.97. The van der Waals surface area contributed by atoms with Gasteiger partial charge in [0.05, 0.1) is 12.2 Å². The van der Waals surface area contributed by atoms with Crippen LogP contribution in [0.25, 0.3) is 0 Å². The Balaban J connectivity index is 1.88. The number of halogens is 4. The summed E-state index contributed by atoms with van der Waals surface area (Å²) in [7, 11) is 0. The molecule has 2 N–H and O–H groups in total. The SMILES string of the molecule is CC(=O)N1N=C(c2cc(C(F)(F)F)ccc2F)S[C@@]12c1ccccc1OC[C@H]2CCN. The number of nitrogens with two attached hydrogens (primary N) is 1. The molecule has 2 aliphatic rings. The lowest BCUT2D eigenvalue weighted by Crippen LogP contribution is -2.51. The second-order valence-corrected chi connectivity index (χ2v) is 8.52. The highest BCUT2D eigenvalue weighted by Gasteiger charge is 2.56. The number of hydrazone groups is 1. The monoisotopic (exact) mass is 453 g/mol. The van der Waals surface area contributed by atoms with Crippen LogP contribution in [0.2, 0.25) is 0 Å². The average molecular weight is 453 g/mol. The first-order valence-electron chi connectivity index (χ1n) is 9.56. The Labute approximate surface area is 180 Å². The van der Waals surface area contributed by atoms with Crippen molar-refractivity contribution in [1.29, 1.82) is 0 Å². The molecule has 0 unspecified atom stereocenters. The Bertz CT molecular complexity index is 1060. The van der Waals surface area contributed by atoms with Gasteiger partial charge in [-0.05, 0) is 37.2 Å². The quantitative estimate of drug-likeness (QED) is 0.704. The molecule has 2 heterocycles. The topological polar surface area (TPSA) is 67.9 Å². The molecule has 2 atom stereocenters. The smallest absolute Gasteiger partial charge is 0.416 e. The molecule has 164 valence electrons. The lowest BCUT2D eigenvalue weighted by molar-refractivity contribution is -0.137. The molecule has 2 aromatic rings. The first-order valence-corrected chi connectivity index (χ1v) is 10.4. The van der Waals surface area contributed by atoms with E-state index in [4.69, 9.17) is 10.5 Å². The van der Waals surface area contributed by atoms with Gasteiger partial charge in [-0.25, -0.2) is 9.40 Å². The molecule has 31 heavy (non-hydrogen) atoms. The summed E-state index contributed by atoms with van der Waals surface area (Å²) in [6.45, 7) is 1.85. The summed E-state index contributed by atoms with van der Waals surface area (Å²) in [6.07, 6.45) is -4.17. The van der Waals surface area contributed by atoms with E-state index in [1.165, 1.54) is 11.9 Å². The highest BCUT2D eigenvalue weighted by atomic mass is 32.2. The number of alkyl halides is 3. The van der Waals surface area contributed by atoms with Gasteiger partial charge < -0.3 is 10.5 Å². The minimum absolute atomic E-state index is 0.00229. The number of hydrogen-bond acceptors (Lipinski definition) is 5. The Hall–Kier alpha value is -2.59. The van der Waals surface area contributed by atoms with Crippen LogP contribution in [-0.2, 0) is 15.8 Å². The molecule has 4 rings (SSSR count). The predicted octanol–water partition coefficient (Wildman–Crippen LogP) is 4.31. The van der Waals surface area contributed by atoms with E-state index < -0.39 is 28.3 Å². The lowest BCUT2D eigenvalue weighted by Gasteiger charge is -2.45. The second-order valence-electron chi connectivity index (χ2n) is 7.31. The molecule has 0 radical (unpaired) electrons. The number of fused-ring (bicyclic) bond motifs is 2. The number of carbonyl (C=O) groups is 1. The minimum atomic E-state index is -4.64. The molecule has 0 aromatic heterocycles. The molecule has 10 heteroatoms. The second kappa shape index (κ2) is 7.83. The molecule has 0 saturated heterocycles. The summed E-state index contributed by atoms with van der Waals surface area (Å²) >= 11 is 1.06. The van der Waals surface area contributed by atoms with Gasteiger partial charge in [0.15, 0.2) is 4.87 Å². The van der Waals surface area contributed by atoms with Gasteiger partial charge in [-0.15, -0.1) is 0 Å². The molecule has 5 nitrogen and oxygen atoms in total. The average Bonchev–Trinajstić information content (AvgIpc) is 3.11. The zero-order valence-corrected chi connectivity index (χ0v) is 17.3. The van der Waals surface area contributed by atoms with Crippen LogP contribution >= 0.6 is 11.8 Å². The van der Waals surface area contributed by atoms with Crippen molar-refractivity contribution in [1.82, 2.24) is 5.01 Å². The maximum absolute atomic E-state index is 14.6. The molecule has 0 aliphatic carbocycles. The standard InChI is InChI=1S/C21H19F4N3O2S/c1-12(29)28-20(14(8-9-26)11-30-18-5-3-2-4-16(18)20)31-19(27-28)15-10-13(21(23,24)25)6-7-17(15)22/h2-7,10,14H,8-9,11,26H2,1H3/t14-,20+/m1/s1. The number of carbonyl (C=O) groups excluding carboxylic acids is 1. The van der Waals surface area contributed by atoms with Gasteiger partial charge in [-0.3, -0.25) is 4.79 Å². The maximum atomic E-state index is 14.6. The van der Waals surface area contributed by atoms with E-state index in [1.807, 2.05) is 0 Å². The first-order chi connectivity index (χ1) is 14.7. The van der Waals surface area contributed by atoms with Crippen LogP contribution in [0.5, 0.6) is 5.75 Å². The van der Waals surface area contributed by atoms with Crippen LogP contribution < -0.4 is 10.5 Å². The number of amides is 1. The Morgan fingerprint density at radius 2 is 2.06 bits per heavy atom. The van der Waals surface area contributed by atoms with Crippen LogP contribution in [0.4, 0.5) is 17.6 Å². The summed E-state index contributed by atoms with van der Waals surface area (Å²) in [5, 5.41) is 5.54. The third-order valence-electron chi connectivity index (χ3n) is 5.36. The number of thioether (sulfide) groups is 1. The molecular formula is C21H19F4N3O2S. The summed E-state index contributed by atoms with van der Waals surface area (Å²) in [5.41, 5.74) is 5.14. The molecule has 0 saturated carbocycles. The van der Waals surface area contributed by atoms with E-state index >= 15 is 0 Å². The number of benzene rings is 2. The van der Waals surface area contributed by atoms with Crippen LogP contribution in [0.15, 0.2) is 47.6 Å². The van der Waals surface area contributed by atoms with Crippen molar-refractivity contribution in [3.8, 4) is 5.75 Å². The zero-order valence-electron chi connectivity index (χ0n) is 16.4. The van der Waals surface area contributed by atoms with Crippen molar-refractivity contribution in [2.24, 2.45) is 16.8 Å². The van der Waals surface area contributed by atoms with Crippen LogP contribution in [0.3, 0.4) is 0 Å². The minimum Gasteiger partial charge on any atom is -0.493 e. The molecule has 1 spiro atoms. The van der Waals surface area contributed by atoms with Gasteiger partial charge in [-0.1, -0.05) is 30.0 Å². The van der Waals surface area contributed by atoms with Crippen molar-refractivity contribution < 1.29 is 27.1 Å². The lowest BCUT2D eigenvalue weighted by atomic mass is 9.86. The highest BCUT2D eigenvalue weighted by Crippen LogP contribution is 2.57. The van der Waals surface area contributed by atoms with E-state index in [9.17, 15) is 22.4 Å². The number of rotatable bonds is 3. The fraction of sp³-hybridized carbons (Fsp3) is 0.333.